The normalized spacial score (nSPS) is 25.8. The third kappa shape index (κ3) is 3.08. The maximum absolute atomic E-state index is 9.83. The van der Waals surface area contributed by atoms with Crippen molar-refractivity contribution >= 4 is 0 Å². The fourth-order valence-corrected chi connectivity index (χ4v) is 3.08. The quantitative estimate of drug-likeness (QED) is 0.890. The van der Waals surface area contributed by atoms with E-state index < -0.39 is 0 Å². The number of hydrogen-bond acceptors (Lipinski definition) is 4. The van der Waals surface area contributed by atoms with Gasteiger partial charge >= 0.3 is 0 Å². The molecule has 2 aliphatic rings. The molecule has 2 aliphatic heterocycles. The maximum atomic E-state index is 9.83. The first-order valence-electron chi connectivity index (χ1n) is 7.14. The number of nitrogens with zero attached hydrogens (tertiary/aromatic N) is 2. The van der Waals surface area contributed by atoms with Gasteiger partial charge in [-0.05, 0) is 12.5 Å². The molecule has 1 N–H and O–H groups in total. The maximum Gasteiger partial charge on any atom is 0.120 e. The molecule has 0 bridgehead atoms. The molecule has 1 aromatic rings. The average molecular weight is 262 g/mol. The summed E-state index contributed by atoms with van der Waals surface area (Å²) in [5, 5.41) is 9.83. The van der Waals surface area contributed by atoms with Gasteiger partial charge in [0.15, 0.2) is 0 Å². The van der Waals surface area contributed by atoms with Crippen molar-refractivity contribution in [3.05, 3.63) is 29.8 Å². The van der Waals surface area contributed by atoms with Gasteiger partial charge in [0.05, 0.1) is 13.2 Å². The Kier molecular flexibility index (Phi) is 4.01. The molecule has 19 heavy (non-hydrogen) atoms. The standard InChI is InChI=1S/C15H22N2O2/c18-15-4-2-1-3-13(15)11-16-6-5-14(12-16)17-7-9-19-10-8-17/h1-4,14,18H,5-12H2. The van der Waals surface area contributed by atoms with Gasteiger partial charge in [0.25, 0.3) is 0 Å². The van der Waals surface area contributed by atoms with Gasteiger partial charge in [-0.2, -0.15) is 0 Å². The Morgan fingerprint density at radius 1 is 1.16 bits per heavy atom. The van der Waals surface area contributed by atoms with E-state index in [1.165, 1.54) is 6.42 Å². The number of likely N-dealkylation sites (tertiary alicyclic amines) is 1. The lowest BCUT2D eigenvalue weighted by Crippen LogP contribution is -2.44. The molecule has 1 atom stereocenters. The van der Waals surface area contributed by atoms with Crippen LogP contribution in [0.1, 0.15) is 12.0 Å². The molecule has 2 saturated heterocycles. The van der Waals surface area contributed by atoms with Crippen LogP contribution in [0.25, 0.3) is 0 Å². The summed E-state index contributed by atoms with van der Waals surface area (Å²) in [5.74, 6) is 0.414. The van der Waals surface area contributed by atoms with E-state index in [4.69, 9.17) is 4.74 Å². The minimum absolute atomic E-state index is 0.414. The topological polar surface area (TPSA) is 35.9 Å². The van der Waals surface area contributed by atoms with Gasteiger partial charge in [-0.1, -0.05) is 18.2 Å². The van der Waals surface area contributed by atoms with Gasteiger partial charge < -0.3 is 9.84 Å². The summed E-state index contributed by atoms with van der Waals surface area (Å²) in [6, 6.07) is 8.31. The summed E-state index contributed by atoms with van der Waals surface area (Å²) in [6.07, 6.45) is 1.23. The van der Waals surface area contributed by atoms with E-state index in [1.807, 2.05) is 18.2 Å². The van der Waals surface area contributed by atoms with Gasteiger partial charge in [0.1, 0.15) is 5.75 Å². The van der Waals surface area contributed by atoms with Crippen LogP contribution < -0.4 is 0 Å². The Morgan fingerprint density at radius 3 is 2.74 bits per heavy atom. The number of morpholine rings is 1. The Balaban J connectivity index is 1.55. The highest BCUT2D eigenvalue weighted by atomic mass is 16.5. The molecule has 0 amide bonds. The molecular weight excluding hydrogens is 240 g/mol. The van der Waals surface area contributed by atoms with E-state index in [1.54, 1.807) is 6.07 Å². The van der Waals surface area contributed by atoms with Crippen molar-refractivity contribution in [2.75, 3.05) is 39.4 Å². The summed E-state index contributed by atoms with van der Waals surface area (Å²) in [5.41, 5.74) is 1.03. The van der Waals surface area contributed by atoms with Crippen LogP contribution >= 0.6 is 0 Å². The predicted molar refractivity (Wildman–Crippen MR) is 74.2 cm³/mol. The summed E-state index contributed by atoms with van der Waals surface area (Å²) < 4.78 is 5.41. The molecule has 2 fully saturated rings. The Bertz CT molecular complexity index is 418. The lowest BCUT2D eigenvalue weighted by Gasteiger charge is -2.32. The second kappa shape index (κ2) is 5.90. The van der Waals surface area contributed by atoms with E-state index in [0.29, 0.717) is 11.8 Å². The predicted octanol–water partition coefficient (Wildman–Crippen LogP) is 1.30. The third-order valence-electron chi connectivity index (χ3n) is 4.20. The number of rotatable bonds is 3. The van der Waals surface area contributed by atoms with Crippen LogP contribution in [0.2, 0.25) is 0 Å². The van der Waals surface area contributed by atoms with Crippen LogP contribution in [0.3, 0.4) is 0 Å². The smallest absolute Gasteiger partial charge is 0.120 e. The monoisotopic (exact) mass is 262 g/mol. The van der Waals surface area contributed by atoms with Crippen LogP contribution in [0.4, 0.5) is 0 Å². The van der Waals surface area contributed by atoms with E-state index in [-0.39, 0.29) is 0 Å². The zero-order chi connectivity index (χ0) is 13.1. The van der Waals surface area contributed by atoms with Crippen molar-refractivity contribution in [3.8, 4) is 5.75 Å². The van der Waals surface area contributed by atoms with Crippen LogP contribution in [0.15, 0.2) is 24.3 Å². The Hall–Kier alpha value is -1.10. The lowest BCUT2D eigenvalue weighted by atomic mass is 10.2. The zero-order valence-corrected chi connectivity index (χ0v) is 11.3. The van der Waals surface area contributed by atoms with Crippen molar-refractivity contribution in [2.24, 2.45) is 0 Å². The Morgan fingerprint density at radius 2 is 1.95 bits per heavy atom. The fraction of sp³-hybridized carbons (Fsp3) is 0.600. The molecule has 0 aliphatic carbocycles. The van der Waals surface area contributed by atoms with Crippen molar-refractivity contribution < 1.29 is 9.84 Å². The van der Waals surface area contributed by atoms with Crippen molar-refractivity contribution in [1.82, 2.24) is 9.80 Å². The molecule has 1 unspecified atom stereocenters. The number of phenolic OH excluding ortho intramolecular Hbond substituents is 1. The van der Waals surface area contributed by atoms with Crippen molar-refractivity contribution in [1.29, 1.82) is 0 Å². The van der Waals surface area contributed by atoms with E-state index in [0.717, 1.165) is 51.5 Å². The molecule has 0 spiro atoms. The van der Waals surface area contributed by atoms with Crippen molar-refractivity contribution in [3.63, 3.8) is 0 Å². The average Bonchev–Trinajstić information content (AvgIpc) is 2.91. The van der Waals surface area contributed by atoms with Crippen LogP contribution in [0.5, 0.6) is 5.75 Å². The first-order valence-corrected chi connectivity index (χ1v) is 7.14. The van der Waals surface area contributed by atoms with Gasteiger partial charge in [0.2, 0.25) is 0 Å². The highest BCUT2D eigenvalue weighted by Gasteiger charge is 2.28. The SMILES string of the molecule is Oc1ccccc1CN1CCC(N2CCOCC2)C1. The zero-order valence-electron chi connectivity index (χ0n) is 11.3. The number of ether oxygens (including phenoxy) is 1. The fourth-order valence-electron chi connectivity index (χ4n) is 3.08. The van der Waals surface area contributed by atoms with Gasteiger partial charge in [0, 0.05) is 44.3 Å². The number of hydrogen-bond donors (Lipinski definition) is 1. The van der Waals surface area contributed by atoms with Gasteiger partial charge in [-0.3, -0.25) is 9.80 Å². The molecule has 0 saturated carbocycles. The van der Waals surface area contributed by atoms with Crippen LogP contribution in [-0.2, 0) is 11.3 Å². The van der Waals surface area contributed by atoms with E-state index in [2.05, 4.69) is 9.80 Å². The molecule has 0 aromatic heterocycles. The van der Waals surface area contributed by atoms with Crippen LogP contribution in [-0.4, -0.2) is 60.3 Å². The summed E-state index contributed by atoms with van der Waals surface area (Å²) >= 11 is 0. The number of para-hydroxylation sites is 1. The molecule has 4 nitrogen and oxygen atoms in total. The third-order valence-corrected chi connectivity index (χ3v) is 4.20. The summed E-state index contributed by atoms with van der Waals surface area (Å²) in [4.78, 5) is 4.99. The first-order chi connectivity index (χ1) is 9.33. The van der Waals surface area contributed by atoms with Gasteiger partial charge in [-0.25, -0.2) is 0 Å². The van der Waals surface area contributed by atoms with Gasteiger partial charge in [-0.15, -0.1) is 0 Å². The number of phenols is 1. The minimum Gasteiger partial charge on any atom is -0.508 e. The molecular formula is C15H22N2O2. The lowest BCUT2D eigenvalue weighted by molar-refractivity contribution is 0.0183. The largest absolute Gasteiger partial charge is 0.508 e. The number of benzene rings is 1. The number of aromatic hydroxyl groups is 1. The second-order valence-electron chi connectivity index (χ2n) is 5.45. The molecule has 1 aromatic carbocycles. The molecule has 2 heterocycles. The van der Waals surface area contributed by atoms with Crippen molar-refractivity contribution in [2.45, 2.75) is 19.0 Å². The minimum atomic E-state index is 0.414. The van der Waals surface area contributed by atoms with Crippen LogP contribution in [0, 0.1) is 0 Å². The highest BCUT2D eigenvalue weighted by molar-refractivity contribution is 5.31. The molecule has 3 rings (SSSR count). The molecule has 0 radical (unpaired) electrons. The summed E-state index contributed by atoms with van der Waals surface area (Å²) in [7, 11) is 0. The molecule has 104 valence electrons. The van der Waals surface area contributed by atoms with E-state index >= 15 is 0 Å². The van der Waals surface area contributed by atoms with E-state index in [9.17, 15) is 5.11 Å². The second-order valence-corrected chi connectivity index (χ2v) is 5.45. The highest BCUT2D eigenvalue weighted by Crippen LogP contribution is 2.22. The summed E-state index contributed by atoms with van der Waals surface area (Å²) in [6.45, 7) is 6.95. The molecule has 4 heteroatoms. The Labute approximate surface area is 114 Å². The first kappa shape index (κ1) is 12.9.